The maximum atomic E-state index is 11.9. The van der Waals surface area contributed by atoms with E-state index in [1.165, 1.54) is 0 Å². The number of benzene rings is 1. The zero-order valence-corrected chi connectivity index (χ0v) is 11.7. The summed E-state index contributed by atoms with van der Waals surface area (Å²) >= 11 is 0. The molecule has 4 nitrogen and oxygen atoms in total. The van der Waals surface area contributed by atoms with Gasteiger partial charge in [0.2, 0.25) is 0 Å². The van der Waals surface area contributed by atoms with E-state index in [0.717, 1.165) is 5.56 Å². The molecule has 4 heteroatoms. The van der Waals surface area contributed by atoms with Crippen molar-refractivity contribution in [3.05, 3.63) is 46.3 Å². The van der Waals surface area contributed by atoms with E-state index in [9.17, 15) is 4.79 Å². The minimum Gasteiger partial charge on any atom is -0.389 e. The molecule has 0 saturated heterocycles. The highest BCUT2D eigenvalue weighted by molar-refractivity contribution is 5.63. The van der Waals surface area contributed by atoms with E-state index in [-0.39, 0.29) is 17.2 Å². The molecule has 0 aliphatic heterocycles. The highest BCUT2D eigenvalue weighted by Crippen LogP contribution is 2.21. The first-order valence-corrected chi connectivity index (χ1v) is 6.22. The number of hydrogen-bond acceptors (Lipinski definition) is 4. The Labute approximate surface area is 112 Å². The normalized spacial score (nSPS) is 11.4. The van der Waals surface area contributed by atoms with Crippen LogP contribution in [0.1, 0.15) is 26.3 Å². The molecule has 0 bridgehead atoms. The van der Waals surface area contributed by atoms with Crippen LogP contribution in [0.15, 0.2) is 39.5 Å². The summed E-state index contributed by atoms with van der Waals surface area (Å²) in [7, 11) is 0. The number of nitrogens with one attached hydrogen (secondary N) is 1. The summed E-state index contributed by atoms with van der Waals surface area (Å²) in [6.07, 6.45) is 0. The lowest BCUT2D eigenvalue weighted by molar-refractivity contribution is 0.478. The number of rotatable bonds is 2. The molecule has 0 aliphatic carbocycles. The molecule has 1 N–H and O–H groups in total. The lowest BCUT2D eigenvalue weighted by Gasteiger charge is -2.20. The lowest BCUT2D eigenvalue weighted by atomic mass is 10.1. The van der Waals surface area contributed by atoms with Gasteiger partial charge in [0.05, 0.1) is 11.3 Å². The third-order valence-corrected chi connectivity index (χ3v) is 2.59. The van der Waals surface area contributed by atoms with Gasteiger partial charge in [-0.3, -0.25) is 0 Å². The second-order valence-electron chi connectivity index (χ2n) is 5.52. The Kier molecular flexibility index (Phi) is 3.42. The fourth-order valence-corrected chi connectivity index (χ4v) is 1.72. The van der Waals surface area contributed by atoms with Crippen LogP contribution in [0.5, 0.6) is 0 Å². The van der Waals surface area contributed by atoms with Crippen molar-refractivity contribution in [2.45, 2.75) is 33.2 Å². The Balaban J connectivity index is 2.53. The van der Waals surface area contributed by atoms with Crippen LogP contribution in [0.4, 0.5) is 6.01 Å². The second-order valence-corrected chi connectivity index (χ2v) is 5.52. The Bertz CT molecular complexity index is 625. The molecule has 100 valence electrons. The van der Waals surface area contributed by atoms with Crippen LogP contribution >= 0.6 is 0 Å². The molecule has 0 spiro atoms. The molecule has 0 unspecified atom stereocenters. The van der Waals surface area contributed by atoms with E-state index in [1.807, 2.05) is 51.1 Å². The molecule has 0 atom stereocenters. The molecule has 0 aliphatic rings. The first-order valence-electron chi connectivity index (χ1n) is 6.22. The topological polar surface area (TPSA) is 55.1 Å². The van der Waals surface area contributed by atoms with Gasteiger partial charge in [0.15, 0.2) is 0 Å². The van der Waals surface area contributed by atoms with Crippen molar-refractivity contribution in [3.63, 3.8) is 0 Å². The van der Waals surface area contributed by atoms with Crippen molar-refractivity contribution in [3.8, 4) is 11.3 Å². The van der Waals surface area contributed by atoms with Gasteiger partial charge in [0, 0.05) is 11.1 Å². The fraction of sp³-hybridized carbons (Fsp3) is 0.333. The van der Waals surface area contributed by atoms with Gasteiger partial charge in [0.1, 0.15) is 0 Å². The number of hydrogen-bond donors (Lipinski definition) is 1. The van der Waals surface area contributed by atoms with Gasteiger partial charge >= 0.3 is 5.63 Å². The average molecular weight is 258 g/mol. The van der Waals surface area contributed by atoms with Crippen LogP contribution < -0.4 is 10.9 Å². The predicted molar refractivity (Wildman–Crippen MR) is 76.3 cm³/mol. The van der Waals surface area contributed by atoms with Crippen molar-refractivity contribution in [2.24, 2.45) is 0 Å². The standard InChI is InChI=1S/C15H18N2O2/c1-10-12(11-8-6-5-7-9-11)16-14(19-13(10)18)17-15(2,3)4/h5-9H,1-4H3,(H,16,17). The smallest absolute Gasteiger partial charge is 0.343 e. The summed E-state index contributed by atoms with van der Waals surface area (Å²) in [6.45, 7) is 7.67. The first-order chi connectivity index (χ1) is 8.87. The summed E-state index contributed by atoms with van der Waals surface area (Å²) in [4.78, 5) is 16.3. The van der Waals surface area contributed by atoms with Gasteiger partial charge in [-0.05, 0) is 27.7 Å². The minimum atomic E-state index is -0.361. The van der Waals surface area contributed by atoms with Gasteiger partial charge in [-0.2, -0.15) is 4.98 Å². The quantitative estimate of drug-likeness (QED) is 0.898. The summed E-state index contributed by atoms with van der Waals surface area (Å²) in [6, 6.07) is 9.87. The summed E-state index contributed by atoms with van der Waals surface area (Å²) in [5.74, 6) is 0. The number of nitrogens with zero attached hydrogens (tertiary/aromatic N) is 1. The van der Waals surface area contributed by atoms with Crippen molar-refractivity contribution in [1.29, 1.82) is 0 Å². The Morgan fingerprint density at radius 2 is 1.79 bits per heavy atom. The average Bonchev–Trinajstić information content (AvgIpc) is 2.33. The highest BCUT2D eigenvalue weighted by Gasteiger charge is 2.16. The van der Waals surface area contributed by atoms with Crippen LogP contribution in [0, 0.1) is 6.92 Å². The molecule has 0 saturated carbocycles. The van der Waals surface area contributed by atoms with Crippen LogP contribution in [0.3, 0.4) is 0 Å². The largest absolute Gasteiger partial charge is 0.389 e. The van der Waals surface area contributed by atoms with E-state index in [0.29, 0.717) is 11.3 Å². The Hall–Kier alpha value is -2.10. The molecule has 0 amide bonds. The highest BCUT2D eigenvalue weighted by atomic mass is 16.4. The van der Waals surface area contributed by atoms with Gasteiger partial charge in [-0.25, -0.2) is 4.79 Å². The van der Waals surface area contributed by atoms with E-state index in [1.54, 1.807) is 6.92 Å². The number of aromatic nitrogens is 1. The van der Waals surface area contributed by atoms with Gasteiger partial charge in [-0.1, -0.05) is 30.3 Å². The zero-order valence-electron chi connectivity index (χ0n) is 11.7. The molecule has 1 heterocycles. The molecular weight excluding hydrogens is 240 g/mol. The van der Waals surface area contributed by atoms with E-state index in [2.05, 4.69) is 10.3 Å². The predicted octanol–water partition coefficient (Wildman–Crippen LogP) is 3.22. The van der Waals surface area contributed by atoms with Crippen molar-refractivity contribution >= 4 is 6.01 Å². The lowest BCUT2D eigenvalue weighted by Crippen LogP contribution is -2.27. The molecule has 19 heavy (non-hydrogen) atoms. The molecule has 0 fully saturated rings. The SMILES string of the molecule is Cc1c(-c2ccccc2)nc(NC(C)(C)C)oc1=O. The molecule has 2 rings (SSSR count). The molecule has 1 aromatic carbocycles. The maximum Gasteiger partial charge on any atom is 0.343 e. The zero-order chi connectivity index (χ0) is 14.0. The van der Waals surface area contributed by atoms with Crippen LogP contribution in [0.25, 0.3) is 11.3 Å². The first kappa shape index (κ1) is 13.3. The third kappa shape index (κ3) is 3.22. The minimum absolute atomic E-state index is 0.216. The van der Waals surface area contributed by atoms with Gasteiger partial charge in [-0.15, -0.1) is 0 Å². The van der Waals surface area contributed by atoms with Crippen molar-refractivity contribution < 1.29 is 4.42 Å². The van der Waals surface area contributed by atoms with Crippen LogP contribution in [0.2, 0.25) is 0 Å². The molecule has 1 aromatic heterocycles. The summed E-state index contributed by atoms with van der Waals surface area (Å²) < 4.78 is 5.17. The van der Waals surface area contributed by atoms with Gasteiger partial charge < -0.3 is 9.73 Å². The van der Waals surface area contributed by atoms with Crippen LogP contribution in [-0.2, 0) is 0 Å². The van der Waals surface area contributed by atoms with E-state index in [4.69, 9.17) is 4.42 Å². The Morgan fingerprint density at radius 3 is 2.37 bits per heavy atom. The van der Waals surface area contributed by atoms with Crippen LogP contribution in [-0.4, -0.2) is 10.5 Å². The number of anilines is 1. The summed E-state index contributed by atoms with van der Waals surface area (Å²) in [5, 5.41) is 3.08. The van der Waals surface area contributed by atoms with Gasteiger partial charge in [0.25, 0.3) is 6.01 Å². The van der Waals surface area contributed by atoms with Crippen molar-refractivity contribution in [2.75, 3.05) is 5.32 Å². The Morgan fingerprint density at radius 1 is 1.16 bits per heavy atom. The summed E-state index contributed by atoms with van der Waals surface area (Å²) in [5.41, 5.74) is 1.51. The molecule has 2 aromatic rings. The van der Waals surface area contributed by atoms with Crippen molar-refractivity contribution in [1.82, 2.24) is 4.98 Å². The molecular formula is C15H18N2O2. The fourth-order valence-electron chi connectivity index (χ4n) is 1.72. The maximum absolute atomic E-state index is 11.9. The van der Waals surface area contributed by atoms with E-state index < -0.39 is 0 Å². The third-order valence-electron chi connectivity index (χ3n) is 2.59. The van der Waals surface area contributed by atoms with E-state index >= 15 is 0 Å². The molecule has 0 radical (unpaired) electrons. The monoisotopic (exact) mass is 258 g/mol. The second kappa shape index (κ2) is 4.88.